The summed E-state index contributed by atoms with van der Waals surface area (Å²) < 4.78 is 22.7. The van der Waals surface area contributed by atoms with Gasteiger partial charge < -0.3 is 18.9 Å². The summed E-state index contributed by atoms with van der Waals surface area (Å²) in [6.45, 7) is 0. The highest BCUT2D eigenvalue weighted by atomic mass is 16.5. The molecule has 5 aromatic carbocycles. The maximum absolute atomic E-state index is 5.82. The van der Waals surface area contributed by atoms with Crippen LogP contribution in [0.4, 0.5) is 0 Å². The third-order valence-corrected chi connectivity index (χ3v) is 7.85. The van der Waals surface area contributed by atoms with E-state index in [2.05, 4.69) is 24.3 Å². The maximum Gasteiger partial charge on any atom is 0.128 e. The van der Waals surface area contributed by atoms with E-state index in [1.807, 2.05) is 72.8 Å². The van der Waals surface area contributed by atoms with Crippen molar-refractivity contribution in [1.29, 1.82) is 0 Å². The number of methoxy groups -OCH3 is 4. The van der Waals surface area contributed by atoms with Crippen LogP contribution in [0.25, 0.3) is 65.9 Å². The molecular weight excluding hydrogens is 524 g/mol. The molecule has 0 fully saturated rings. The van der Waals surface area contributed by atoms with E-state index >= 15 is 0 Å². The topological polar surface area (TPSA) is 62.7 Å². The first-order chi connectivity index (χ1) is 20.6. The van der Waals surface area contributed by atoms with Crippen molar-refractivity contribution in [3.63, 3.8) is 0 Å². The second-order valence-electron chi connectivity index (χ2n) is 10.1. The number of nitrogens with zero attached hydrogens (tertiary/aromatic N) is 2. The van der Waals surface area contributed by atoms with E-state index in [-0.39, 0.29) is 0 Å². The van der Waals surface area contributed by atoms with E-state index in [1.54, 1.807) is 28.4 Å². The minimum atomic E-state index is 0.742. The summed E-state index contributed by atoms with van der Waals surface area (Å²) in [7, 11) is 6.71. The first-order valence-corrected chi connectivity index (χ1v) is 13.6. The van der Waals surface area contributed by atoms with Gasteiger partial charge in [0.2, 0.25) is 0 Å². The van der Waals surface area contributed by atoms with Crippen LogP contribution in [-0.4, -0.2) is 38.4 Å². The molecule has 2 heterocycles. The number of fused-ring (bicyclic) bond motifs is 5. The van der Waals surface area contributed by atoms with Crippen LogP contribution in [0.2, 0.25) is 0 Å². The Hall–Kier alpha value is -5.36. The standard InChI is InChI=1S/C36H28N2O4/c1-39-25-13-7-21-11-17-31(41-3)33(27(21)19-25)29-15-9-23-5-6-24-10-16-30(38-36(24)35(23)37-29)34-28-20-26(40-2)14-8-22(28)12-18-32(34)42-4/h5-20H,1-4H3. The van der Waals surface area contributed by atoms with Crippen molar-refractivity contribution < 1.29 is 18.9 Å². The average Bonchev–Trinajstić information content (AvgIpc) is 3.05. The van der Waals surface area contributed by atoms with Crippen molar-refractivity contribution in [3.05, 3.63) is 97.1 Å². The Balaban J connectivity index is 1.50. The van der Waals surface area contributed by atoms with E-state index in [0.717, 1.165) is 88.9 Å². The van der Waals surface area contributed by atoms with Crippen LogP contribution in [0.3, 0.4) is 0 Å². The quantitative estimate of drug-likeness (QED) is 0.193. The first-order valence-electron chi connectivity index (χ1n) is 13.6. The highest BCUT2D eigenvalue weighted by molar-refractivity contribution is 6.07. The van der Waals surface area contributed by atoms with E-state index in [0.29, 0.717) is 0 Å². The highest BCUT2D eigenvalue weighted by Crippen LogP contribution is 2.41. The van der Waals surface area contributed by atoms with Crippen molar-refractivity contribution in [2.45, 2.75) is 0 Å². The minimum absolute atomic E-state index is 0.742. The molecule has 0 atom stereocenters. The molecule has 0 N–H and O–H groups in total. The maximum atomic E-state index is 5.82. The molecule has 0 saturated carbocycles. The van der Waals surface area contributed by atoms with Crippen molar-refractivity contribution in [3.8, 4) is 45.5 Å². The van der Waals surface area contributed by atoms with Crippen LogP contribution in [0, 0.1) is 0 Å². The van der Waals surface area contributed by atoms with Gasteiger partial charge >= 0.3 is 0 Å². The predicted molar refractivity (Wildman–Crippen MR) is 169 cm³/mol. The summed E-state index contributed by atoms with van der Waals surface area (Å²) in [5.41, 5.74) is 5.03. The van der Waals surface area contributed by atoms with Gasteiger partial charge in [-0.25, -0.2) is 9.97 Å². The Morgan fingerprint density at radius 3 is 1.19 bits per heavy atom. The second kappa shape index (κ2) is 10.2. The zero-order valence-electron chi connectivity index (χ0n) is 23.8. The van der Waals surface area contributed by atoms with E-state index in [1.165, 1.54) is 0 Å². The molecule has 0 bridgehead atoms. The molecule has 0 radical (unpaired) electrons. The summed E-state index contributed by atoms with van der Waals surface area (Å²) >= 11 is 0. The Morgan fingerprint density at radius 1 is 0.405 bits per heavy atom. The van der Waals surface area contributed by atoms with Crippen molar-refractivity contribution in [1.82, 2.24) is 9.97 Å². The van der Waals surface area contributed by atoms with E-state index in [9.17, 15) is 0 Å². The van der Waals surface area contributed by atoms with Gasteiger partial charge in [0, 0.05) is 10.8 Å². The van der Waals surface area contributed by atoms with Gasteiger partial charge in [-0.05, 0) is 70.1 Å². The Bertz CT molecular complexity index is 1990. The van der Waals surface area contributed by atoms with E-state index < -0.39 is 0 Å². The third kappa shape index (κ3) is 4.11. The molecule has 42 heavy (non-hydrogen) atoms. The summed E-state index contributed by atoms with van der Waals surface area (Å²) in [5.74, 6) is 3.03. The monoisotopic (exact) mass is 552 g/mol. The number of rotatable bonds is 6. The molecule has 6 heteroatoms. The summed E-state index contributed by atoms with van der Waals surface area (Å²) in [4.78, 5) is 10.4. The van der Waals surface area contributed by atoms with Crippen LogP contribution in [0.15, 0.2) is 97.1 Å². The number of benzene rings is 5. The largest absolute Gasteiger partial charge is 0.497 e. The minimum Gasteiger partial charge on any atom is -0.497 e. The lowest BCUT2D eigenvalue weighted by Crippen LogP contribution is -1.96. The number of aromatic nitrogens is 2. The van der Waals surface area contributed by atoms with E-state index in [4.69, 9.17) is 28.9 Å². The average molecular weight is 553 g/mol. The van der Waals surface area contributed by atoms with Gasteiger partial charge in [0.1, 0.15) is 23.0 Å². The fraction of sp³-hybridized carbons (Fsp3) is 0.111. The van der Waals surface area contributed by atoms with Crippen LogP contribution in [0.5, 0.6) is 23.0 Å². The molecule has 7 aromatic rings. The molecule has 2 aromatic heterocycles. The van der Waals surface area contributed by atoms with Crippen LogP contribution in [0.1, 0.15) is 0 Å². The number of hydrogen-bond donors (Lipinski definition) is 0. The van der Waals surface area contributed by atoms with Gasteiger partial charge in [0.25, 0.3) is 0 Å². The molecule has 0 aliphatic carbocycles. The molecule has 6 nitrogen and oxygen atoms in total. The predicted octanol–water partition coefficient (Wildman–Crippen LogP) is 8.46. The van der Waals surface area contributed by atoms with Crippen LogP contribution < -0.4 is 18.9 Å². The number of pyridine rings is 2. The molecule has 206 valence electrons. The van der Waals surface area contributed by atoms with Gasteiger partial charge in [-0.3, -0.25) is 0 Å². The molecule has 7 rings (SSSR count). The van der Waals surface area contributed by atoms with Gasteiger partial charge in [-0.1, -0.05) is 48.5 Å². The summed E-state index contributed by atoms with van der Waals surface area (Å²) in [5, 5.41) is 6.15. The van der Waals surface area contributed by atoms with Gasteiger partial charge in [0.05, 0.1) is 62.0 Å². The molecular formula is C36H28N2O4. The van der Waals surface area contributed by atoms with Crippen LogP contribution in [-0.2, 0) is 0 Å². The zero-order valence-corrected chi connectivity index (χ0v) is 23.8. The lowest BCUT2D eigenvalue weighted by Gasteiger charge is -2.15. The Morgan fingerprint density at radius 2 is 0.786 bits per heavy atom. The Kier molecular flexibility index (Phi) is 6.24. The van der Waals surface area contributed by atoms with Gasteiger partial charge in [0.15, 0.2) is 0 Å². The normalized spacial score (nSPS) is 11.3. The fourth-order valence-electron chi connectivity index (χ4n) is 5.73. The van der Waals surface area contributed by atoms with Crippen molar-refractivity contribution in [2.24, 2.45) is 0 Å². The molecule has 0 amide bonds. The fourth-order valence-corrected chi connectivity index (χ4v) is 5.73. The number of hydrogen-bond acceptors (Lipinski definition) is 6. The first kappa shape index (κ1) is 25.6. The molecule has 0 spiro atoms. The molecule has 0 aliphatic rings. The molecule has 0 aliphatic heterocycles. The summed E-state index contributed by atoms with van der Waals surface area (Å²) in [6.07, 6.45) is 0. The third-order valence-electron chi connectivity index (χ3n) is 7.85. The van der Waals surface area contributed by atoms with Crippen molar-refractivity contribution in [2.75, 3.05) is 28.4 Å². The van der Waals surface area contributed by atoms with Crippen molar-refractivity contribution >= 4 is 43.4 Å². The SMILES string of the molecule is COc1ccc2ccc(OC)c(-c3ccc4ccc5ccc(-c6c(OC)ccc7ccc(OC)cc67)nc5c4n3)c2c1. The molecule has 0 unspecified atom stereocenters. The van der Waals surface area contributed by atoms with Crippen LogP contribution >= 0.6 is 0 Å². The highest BCUT2D eigenvalue weighted by Gasteiger charge is 2.17. The van der Waals surface area contributed by atoms with Gasteiger partial charge in [-0.2, -0.15) is 0 Å². The zero-order chi connectivity index (χ0) is 28.8. The summed E-state index contributed by atoms with van der Waals surface area (Å²) in [6, 6.07) is 32.6. The smallest absolute Gasteiger partial charge is 0.128 e. The second-order valence-corrected chi connectivity index (χ2v) is 10.1. The lowest BCUT2D eigenvalue weighted by atomic mass is 9.98. The van der Waals surface area contributed by atoms with Gasteiger partial charge in [-0.15, -0.1) is 0 Å². The molecule has 0 saturated heterocycles. The Labute approximate surface area is 243 Å². The number of ether oxygens (including phenoxy) is 4. The lowest BCUT2D eigenvalue weighted by molar-refractivity contribution is 0.414.